The molecule has 0 spiro atoms. The maximum Gasteiger partial charge on any atom is 0.0101 e. The van der Waals surface area contributed by atoms with Gasteiger partial charge in [-0.05, 0) is 51.6 Å². The van der Waals surface area contributed by atoms with Crippen LogP contribution >= 0.6 is 0 Å². The van der Waals surface area contributed by atoms with Crippen LogP contribution in [0.5, 0.6) is 0 Å². The predicted octanol–water partition coefficient (Wildman–Crippen LogP) is 6.13. The molecule has 0 unspecified atom stereocenters. The van der Waals surface area contributed by atoms with Crippen molar-refractivity contribution >= 4 is 0 Å². The molecule has 0 rings (SSSR count). The molecular formula is C24H43N2. The Morgan fingerprint density at radius 3 is 1.62 bits per heavy atom. The highest BCUT2D eigenvalue weighted by Crippen LogP contribution is 2.04. The Hall–Kier alpha value is -0.960. The summed E-state index contributed by atoms with van der Waals surface area (Å²) in [6.07, 6.45) is 19.2. The first-order chi connectivity index (χ1) is 12.9. The van der Waals surface area contributed by atoms with Gasteiger partial charge in [-0.25, -0.2) is 0 Å². The van der Waals surface area contributed by atoms with Gasteiger partial charge in [0.15, 0.2) is 0 Å². The van der Waals surface area contributed by atoms with Gasteiger partial charge in [-0.2, -0.15) is 0 Å². The van der Waals surface area contributed by atoms with Crippen molar-refractivity contribution in [1.82, 2.24) is 11.1 Å². The first kappa shape index (κ1) is 25.0. The average molecular weight is 360 g/mol. The Labute approximate surface area is 164 Å². The van der Waals surface area contributed by atoms with Crippen LogP contribution in [0.25, 0.3) is 0 Å². The Morgan fingerprint density at radius 2 is 1.00 bits per heavy atom. The van der Waals surface area contributed by atoms with E-state index >= 15 is 0 Å². The third-order valence-corrected chi connectivity index (χ3v) is 4.44. The van der Waals surface area contributed by atoms with Gasteiger partial charge >= 0.3 is 0 Å². The zero-order chi connectivity index (χ0) is 19.0. The summed E-state index contributed by atoms with van der Waals surface area (Å²) >= 11 is 0. The van der Waals surface area contributed by atoms with Gasteiger partial charge in [0.25, 0.3) is 0 Å². The van der Waals surface area contributed by atoms with E-state index in [1.54, 1.807) is 0 Å². The van der Waals surface area contributed by atoms with Crippen LogP contribution in [0.15, 0.2) is 0 Å². The van der Waals surface area contributed by atoms with E-state index in [9.17, 15) is 0 Å². The van der Waals surface area contributed by atoms with Crippen LogP contribution in [0, 0.1) is 23.7 Å². The van der Waals surface area contributed by atoms with Crippen LogP contribution in [-0.2, 0) is 0 Å². The summed E-state index contributed by atoms with van der Waals surface area (Å²) in [7, 11) is 0. The Morgan fingerprint density at radius 1 is 0.538 bits per heavy atom. The van der Waals surface area contributed by atoms with E-state index in [4.69, 9.17) is 5.73 Å². The molecule has 149 valence electrons. The summed E-state index contributed by atoms with van der Waals surface area (Å²) in [6.45, 7) is 5.05. The monoisotopic (exact) mass is 359 g/mol. The molecule has 2 N–H and O–H groups in total. The van der Waals surface area contributed by atoms with Crippen molar-refractivity contribution < 1.29 is 0 Å². The lowest BCUT2D eigenvalue weighted by molar-refractivity contribution is 0.583. The molecule has 0 saturated heterocycles. The Kier molecular flexibility index (Phi) is 23.2. The lowest BCUT2D eigenvalue weighted by Crippen LogP contribution is -2.16. The molecule has 1 radical (unpaired) electrons. The lowest BCUT2D eigenvalue weighted by Gasteiger charge is -2.02. The molecule has 2 heteroatoms. The SMILES string of the molecule is CCCCC#CCCCCCCNCCCC#CCCCCCCC[NH]. The minimum atomic E-state index is 0.586. The summed E-state index contributed by atoms with van der Waals surface area (Å²) in [6, 6.07) is 0. The summed E-state index contributed by atoms with van der Waals surface area (Å²) in [5.41, 5.74) is 7.09. The molecule has 0 atom stereocenters. The summed E-state index contributed by atoms with van der Waals surface area (Å²) < 4.78 is 0. The molecule has 0 aliphatic rings. The predicted molar refractivity (Wildman–Crippen MR) is 116 cm³/mol. The quantitative estimate of drug-likeness (QED) is 0.246. The zero-order valence-electron chi connectivity index (χ0n) is 17.4. The maximum absolute atomic E-state index is 7.09. The number of hydrogen-bond acceptors (Lipinski definition) is 1. The minimum Gasteiger partial charge on any atom is -0.317 e. The van der Waals surface area contributed by atoms with Gasteiger partial charge in [-0.3, -0.25) is 5.73 Å². The second-order valence-corrected chi connectivity index (χ2v) is 7.10. The van der Waals surface area contributed by atoms with E-state index in [-0.39, 0.29) is 0 Å². The van der Waals surface area contributed by atoms with Gasteiger partial charge < -0.3 is 5.32 Å². The lowest BCUT2D eigenvalue weighted by atomic mass is 10.1. The van der Waals surface area contributed by atoms with Crippen LogP contribution in [0.1, 0.15) is 110 Å². The molecule has 0 bridgehead atoms. The topological polar surface area (TPSA) is 35.8 Å². The van der Waals surface area contributed by atoms with Crippen LogP contribution in [-0.4, -0.2) is 19.6 Å². The van der Waals surface area contributed by atoms with E-state index < -0.39 is 0 Å². The largest absolute Gasteiger partial charge is 0.317 e. The van der Waals surface area contributed by atoms with Gasteiger partial charge in [-0.1, -0.05) is 45.4 Å². The molecule has 0 aliphatic carbocycles. The fraction of sp³-hybridized carbons (Fsp3) is 0.833. The Balaban J connectivity index is 3.13. The molecular weight excluding hydrogens is 316 g/mol. The highest BCUT2D eigenvalue weighted by Gasteiger charge is 1.91. The van der Waals surface area contributed by atoms with Crippen molar-refractivity contribution in [2.45, 2.75) is 110 Å². The van der Waals surface area contributed by atoms with Gasteiger partial charge in [0.2, 0.25) is 0 Å². The van der Waals surface area contributed by atoms with Gasteiger partial charge in [0.05, 0.1) is 0 Å². The number of unbranched alkanes of at least 4 members (excludes halogenated alkanes) is 12. The highest BCUT2D eigenvalue weighted by atomic mass is 14.8. The van der Waals surface area contributed by atoms with Crippen LogP contribution in [0.4, 0.5) is 0 Å². The first-order valence-corrected chi connectivity index (χ1v) is 11.2. The second kappa shape index (κ2) is 24.0. The van der Waals surface area contributed by atoms with E-state index in [0.29, 0.717) is 6.54 Å². The third-order valence-electron chi connectivity index (χ3n) is 4.44. The van der Waals surface area contributed by atoms with Crippen molar-refractivity contribution in [2.24, 2.45) is 0 Å². The van der Waals surface area contributed by atoms with E-state index in [1.807, 2.05) is 0 Å². The van der Waals surface area contributed by atoms with Crippen molar-refractivity contribution in [3.05, 3.63) is 0 Å². The molecule has 0 fully saturated rings. The molecule has 0 aromatic carbocycles. The molecule has 0 aliphatic heterocycles. The van der Waals surface area contributed by atoms with Gasteiger partial charge in [0, 0.05) is 32.2 Å². The van der Waals surface area contributed by atoms with E-state index in [0.717, 1.165) is 45.2 Å². The smallest absolute Gasteiger partial charge is 0.0101 e. The average Bonchev–Trinajstić information content (AvgIpc) is 2.66. The van der Waals surface area contributed by atoms with Crippen molar-refractivity contribution in [3.63, 3.8) is 0 Å². The summed E-state index contributed by atoms with van der Waals surface area (Å²) in [5, 5.41) is 3.53. The molecule has 0 heterocycles. The van der Waals surface area contributed by atoms with Crippen molar-refractivity contribution in [3.8, 4) is 23.7 Å². The Bertz CT molecular complexity index is 380. The molecule has 2 nitrogen and oxygen atoms in total. The number of hydrogen-bond donors (Lipinski definition) is 1. The normalized spacial score (nSPS) is 10.1. The van der Waals surface area contributed by atoms with Gasteiger partial charge in [-0.15, -0.1) is 23.7 Å². The maximum atomic E-state index is 7.09. The molecule has 0 amide bonds. The summed E-state index contributed by atoms with van der Waals surface area (Å²) in [5.74, 6) is 13.1. The molecule has 26 heavy (non-hydrogen) atoms. The second-order valence-electron chi connectivity index (χ2n) is 7.10. The zero-order valence-corrected chi connectivity index (χ0v) is 17.4. The molecule has 0 aromatic heterocycles. The molecule has 0 aromatic rings. The van der Waals surface area contributed by atoms with Crippen molar-refractivity contribution in [2.75, 3.05) is 19.6 Å². The van der Waals surface area contributed by atoms with E-state index in [1.165, 1.54) is 70.6 Å². The highest BCUT2D eigenvalue weighted by molar-refractivity contribution is 4.99. The third kappa shape index (κ3) is 23.0. The first-order valence-electron chi connectivity index (χ1n) is 11.2. The van der Waals surface area contributed by atoms with Crippen LogP contribution in [0.3, 0.4) is 0 Å². The molecule has 0 saturated carbocycles. The number of rotatable bonds is 17. The minimum absolute atomic E-state index is 0.586. The van der Waals surface area contributed by atoms with Crippen molar-refractivity contribution in [1.29, 1.82) is 0 Å². The fourth-order valence-corrected chi connectivity index (χ4v) is 2.73. The fourth-order valence-electron chi connectivity index (χ4n) is 2.73. The standard InChI is InChI=1S/C24H43N2/c1-2-3-4-5-6-7-11-14-17-20-23-26-24-21-18-15-12-9-8-10-13-16-19-22-25/h25-26H,2-4,7-11,13-14,16-24H2,1H3. The summed E-state index contributed by atoms with van der Waals surface area (Å²) in [4.78, 5) is 0. The van der Waals surface area contributed by atoms with Crippen LogP contribution < -0.4 is 11.1 Å². The van der Waals surface area contributed by atoms with Crippen LogP contribution in [0.2, 0.25) is 0 Å². The number of nitrogens with one attached hydrogen (secondary N) is 2. The van der Waals surface area contributed by atoms with E-state index in [2.05, 4.69) is 35.9 Å². The van der Waals surface area contributed by atoms with Gasteiger partial charge in [0.1, 0.15) is 0 Å².